The molecule has 180 valence electrons. The van der Waals surface area contributed by atoms with E-state index in [-0.39, 0.29) is 29.1 Å². The molecule has 2 aliphatic rings. The van der Waals surface area contributed by atoms with Crippen molar-refractivity contribution < 1.29 is 14.4 Å². The van der Waals surface area contributed by atoms with Crippen LogP contribution in [0.1, 0.15) is 24.3 Å². The molecule has 5 rings (SSSR count). The van der Waals surface area contributed by atoms with Crippen LogP contribution in [0.15, 0.2) is 62.8 Å². The highest BCUT2D eigenvalue weighted by Crippen LogP contribution is 2.54. The predicted octanol–water partition coefficient (Wildman–Crippen LogP) is 4.56. The van der Waals surface area contributed by atoms with Crippen molar-refractivity contribution in [2.75, 3.05) is 10.2 Å². The number of hydrogen-bond acceptors (Lipinski definition) is 6. The van der Waals surface area contributed by atoms with E-state index >= 15 is 0 Å². The highest BCUT2D eigenvalue weighted by molar-refractivity contribution is 9.10. The van der Waals surface area contributed by atoms with Gasteiger partial charge in [0.05, 0.1) is 16.6 Å². The maximum absolute atomic E-state index is 13.5. The summed E-state index contributed by atoms with van der Waals surface area (Å²) >= 11 is 5.64. The number of imide groups is 1. The minimum absolute atomic E-state index is 0.169. The van der Waals surface area contributed by atoms with Crippen molar-refractivity contribution in [2.24, 2.45) is 5.92 Å². The number of amides is 3. The molecule has 10 heteroatoms. The van der Waals surface area contributed by atoms with E-state index in [1.54, 1.807) is 36.4 Å². The van der Waals surface area contributed by atoms with Gasteiger partial charge in [-0.1, -0.05) is 70.6 Å². The first kappa shape index (κ1) is 24.0. The summed E-state index contributed by atoms with van der Waals surface area (Å²) in [7, 11) is 0. The summed E-state index contributed by atoms with van der Waals surface area (Å²) in [5.41, 5.74) is 1.50. The molecule has 2 aromatic carbocycles. The predicted molar refractivity (Wildman–Crippen MR) is 141 cm³/mol. The molecule has 0 unspecified atom stereocenters. The zero-order valence-corrected chi connectivity index (χ0v) is 22.4. The number of aryl methyl sites for hydroxylation is 1. The number of halogens is 1. The Morgan fingerprint density at radius 3 is 2.34 bits per heavy atom. The van der Waals surface area contributed by atoms with E-state index in [2.05, 4.69) is 21.2 Å². The topological polar surface area (TPSA) is 88.5 Å². The van der Waals surface area contributed by atoms with Gasteiger partial charge in [0, 0.05) is 20.5 Å². The van der Waals surface area contributed by atoms with Crippen LogP contribution in [0.3, 0.4) is 0 Å². The molecular formula is C25H22BrN3O4S2. The lowest BCUT2D eigenvalue weighted by Crippen LogP contribution is -2.41. The second-order valence-corrected chi connectivity index (χ2v) is 12.2. The molecule has 1 fully saturated rings. The highest BCUT2D eigenvalue weighted by atomic mass is 79.9. The fraction of sp³-hybridized carbons (Fsp3) is 0.280. The summed E-state index contributed by atoms with van der Waals surface area (Å²) < 4.78 is 2.27. The lowest BCUT2D eigenvalue weighted by molar-refractivity contribution is -0.123. The number of carbonyl (C=O) groups excluding carboxylic acids is 3. The Kier molecular flexibility index (Phi) is 6.01. The average molecular weight is 573 g/mol. The Bertz CT molecular complexity index is 1410. The zero-order chi connectivity index (χ0) is 25.1. The molecule has 0 aliphatic carbocycles. The van der Waals surface area contributed by atoms with Crippen LogP contribution < -0.4 is 15.1 Å². The molecule has 0 radical (unpaired) electrons. The van der Waals surface area contributed by atoms with Gasteiger partial charge in [0.2, 0.25) is 17.7 Å². The molecule has 2 atom stereocenters. The third-order valence-electron chi connectivity index (χ3n) is 6.43. The number of thiazole rings is 1. The fourth-order valence-corrected chi connectivity index (χ4v) is 7.90. The summed E-state index contributed by atoms with van der Waals surface area (Å²) in [6, 6.07) is 14.4. The Balaban J connectivity index is 1.46. The van der Waals surface area contributed by atoms with Gasteiger partial charge in [-0.3, -0.25) is 23.7 Å². The second-order valence-electron chi connectivity index (χ2n) is 9.23. The summed E-state index contributed by atoms with van der Waals surface area (Å²) in [5, 5.41) is 2.74. The molecule has 0 spiro atoms. The molecular weight excluding hydrogens is 550 g/mol. The molecule has 3 aromatic rings. The third kappa shape index (κ3) is 4.07. The van der Waals surface area contributed by atoms with Crippen LogP contribution in [-0.2, 0) is 26.3 Å². The van der Waals surface area contributed by atoms with Crippen LogP contribution in [0.25, 0.3) is 0 Å². The van der Waals surface area contributed by atoms with Gasteiger partial charge in [0.25, 0.3) is 0 Å². The summed E-state index contributed by atoms with van der Waals surface area (Å²) in [5.74, 6) is -1.51. The summed E-state index contributed by atoms with van der Waals surface area (Å²) in [6.45, 7) is 5.58. The number of benzene rings is 2. The van der Waals surface area contributed by atoms with E-state index < -0.39 is 16.6 Å². The Labute approximate surface area is 218 Å². The van der Waals surface area contributed by atoms with Crippen molar-refractivity contribution in [3.05, 3.63) is 73.1 Å². The minimum atomic E-state index is -0.745. The lowest BCUT2D eigenvalue weighted by atomic mass is 9.76. The Morgan fingerprint density at radius 1 is 1.03 bits per heavy atom. The molecule has 1 aromatic heterocycles. The van der Waals surface area contributed by atoms with Crippen LogP contribution in [0.5, 0.6) is 0 Å². The van der Waals surface area contributed by atoms with Gasteiger partial charge in [0.1, 0.15) is 11.8 Å². The Hall–Kier alpha value is -2.69. The fourth-order valence-electron chi connectivity index (χ4n) is 4.59. The van der Waals surface area contributed by atoms with Crippen LogP contribution in [0, 0.1) is 12.8 Å². The quantitative estimate of drug-likeness (QED) is 0.464. The molecule has 7 nitrogen and oxygen atoms in total. The first-order valence-electron chi connectivity index (χ1n) is 11.0. The molecule has 2 aliphatic heterocycles. The maximum Gasteiger partial charge on any atom is 0.308 e. The van der Waals surface area contributed by atoms with Gasteiger partial charge < -0.3 is 5.32 Å². The normalized spacial score (nSPS) is 20.5. The maximum atomic E-state index is 13.5. The number of anilines is 2. The molecule has 3 amide bonds. The van der Waals surface area contributed by atoms with E-state index in [4.69, 9.17) is 0 Å². The van der Waals surface area contributed by atoms with Gasteiger partial charge in [-0.25, -0.2) is 4.90 Å². The van der Waals surface area contributed by atoms with E-state index in [0.717, 1.165) is 26.3 Å². The van der Waals surface area contributed by atoms with Crippen molar-refractivity contribution in [3.63, 3.8) is 0 Å². The number of thioether (sulfide) groups is 1. The first-order chi connectivity index (χ1) is 16.6. The van der Waals surface area contributed by atoms with Gasteiger partial charge in [0.15, 0.2) is 0 Å². The number of rotatable bonds is 4. The van der Waals surface area contributed by atoms with Crippen LogP contribution in [-0.4, -0.2) is 27.5 Å². The monoisotopic (exact) mass is 571 g/mol. The lowest BCUT2D eigenvalue weighted by Gasteiger charge is -2.36. The number of nitrogens with one attached hydrogen (secondary N) is 1. The number of hydrogen-bond donors (Lipinski definition) is 1. The van der Waals surface area contributed by atoms with Gasteiger partial charge >= 0.3 is 4.87 Å². The Morgan fingerprint density at radius 2 is 1.69 bits per heavy atom. The van der Waals surface area contributed by atoms with E-state index in [0.29, 0.717) is 16.4 Å². The number of nitrogens with zero attached hydrogens (tertiary/aromatic N) is 2. The van der Waals surface area contributed by atoms with Gasteiger partial charge in [-0.05, 0) is 43.3 Å². The molecule has 35 heavy (non-hydrogen) atoms. The number of carbonyl (C=O) groups is 3. The largest absolute Gasteiger partial charge is 0.325 e. The first-order valence-corrected chi connectivity index (χ1v) is 13.5. The van der Waals surface area contributed by atoms with Crippen molar-refractivity contribution in [1.82, 2.24) is 4.57 Å². The van der Waals surface area contributed by atoms with E-state index in [1.807, 2.05) is 32.9 Å². The summed E-state index contributed by atoms with van der Waals surface area (Å²) in [6.07, 6.45) is 0. The highest BCUT2D eigenvalue weighted by Gasteiger charge is 2.59. The molecule has 0 saturated carbocycles. The van der Waals surface area contributed by atoms with E-state index in [1.165, 1.54) is 21.2 Å². The average Bonchev–Trinajstić information content (AvgIpc) is 3.25. The second kappa shape index (κ2) is 8.76. The summed E-state index contributed by atoms with van der Waals surface area (Å²) in [4.78, 5) is 54.3. The standard InChI is InChI=1S/C25H22BrN3O4S2/c1-13-4-8-15(9-5-13)27-17(30)12-28-23-20(35-24(28)33)25(2,3)18-19(34-23)22(32)29(21(18)31)16-10-6-14(26)7-11-16/h4-11,18-19H,12H2,1-3H3,(H,27,30)/t18-,19+/m1/s1. The van der Waals surface area contributed by atoms with Crippen molar-refractivity contribution in [2.45, 2.75) is 43.0 Å². The third-order valence-corrected chi connectivity index (χ3v) is 9.78. The van der Waals surface area contributed by atoms with Crippen molar-refractivity contribution >= 4 is 68.1 Å². The molecule has 0 bridgehead atoms. The van der Waals surface area contributed by atoms with Crippen LogP contribution in [0.4, 0.5) is 11.4 Å². The van der Waals surface area contributed by atoms with Crippen molar-refractivity contribution in [3.8, 4) is 0 Å². The number of fused-ring (bicyclic) bond motifs is 2. The minimum Gasteiger partial charge on any atom is -0.325 e. The van der Waals surface area contributed by atoms with Crippen molar-refractivity contribution in [1.29, 1.82) is 0 Å². The van der Waals surface area contributed by atoms with Crippen LogP contribution >= 0.6 is 39.0 Å². The molecule has 1 N–H and O–H groups in total. The van der Waals surface area contributed by atoms with Gasteiger partial charge in [-0.2, -0.15) is 0 Å². The van der Waals surface area contributed by atoms with Crippen LogP contribution in [0.2, 0.25) is 0 Å². The SMILES string of the molecule is Cc1ccc(NC(=O)Cn2c3c(sc2=O)C(C)(C)[C@H]2C(=O)N(c4ccc(Br)cc4)C(=O)[C@H]2S3)cc1. The molecule has 3 heterocycles. The zero-order valence-electron chi connectivity index (χ0n) is 19.2. The van der Waals surface area contributed by atoms with E-state index in [9.17, 15) is 19.2 Å². The number of aromatic nitrogens is 1. The molecule has 1 saturated heterocycles. The van der Waals surface area contributed by atoms with Gasteiger partial charge in [-0.15, -0.1) is 0 Å². The smallest absolute Gasteiger partial charge is 0.308 e.